The number of alkyl halides is 3. The molecule has 5 nitrogen and oxygen atoms in total. The first kappa shape index (κ1) is 17.0. The molecule has 1 amide bonds. The van der Waals surface area contributed by atoms with Crippen LogP contribution >= 0.6 is 0 Å². The van der Waals surface area contributed by atoms with Gasteiger partial charge in [-0.05, 0) is 38.2 Å². The van der Waals surface area contributed by atoms with Crippen molar-refractivity contribution in [2.24, 2.45) is 0 Å². The van der Waals surface area contributed by atoms with Crippen molar-refractivity contribution in [1.82, 2.24) is 20.4 Å². The van der Waals surface area contributed by atoms with Gasteiger partial charge in [0, 0.05) is 18.8 Å². The third-order valence-electron chi connectivity index (χ3n) is 3.32. The highest BCUT2D eigenvalue weighted by Gasteiger charge is 2.30. The largest absolute Gasteiger partial charge is 0.416 e. The predicted octanol–water partition coefficient (Wildman–Crippen LogP) is 2.23. The van der Waals surface area contributed by atoms with Crippen LogP contribution in [-0.2, 0) is 6.18 Å². The zero-order valence-corrected chi connectivity index (χ0v) is 12.7. The van der Waals surface area contributed by atoms with Gasteiger partial charge in [0.15, 0.2) is 5.69 Å². The molecule has 0 aliphatic heterocycles. The Morgan fingerprint density at radius 3 is 2.74 bits per heavy atom. The highest BCUT2D eigenvalue weighted by molar-refractivity contribution is 5.92. The molecule has 1 aromatic heterocycles. The molecular formula is C15H17F3N4O. The summed E-state index contributed by atoms with van der Waals surface area (Å²) in [6.07, 6.45) is -2.97. The normalized spacial score (nSPS) is 12.9. The van der Waals surface area contributed by atoms with E-state index in [-0.39, 0.29) is 23.3 Å². The van der Waals surface area contributed by atoms with Crippen LogP contribution in [0.3, 0.4) is 0 Å². The van der Waals surface area contributed by atoms with E-state index >= 15 is 0 Å². The molecule has 0 radical (unpaired) electrons. The van der Waals surface area contributed by atoms with Gasteiger partial charge in [0.1, 0.15) is 0 Å². The van der Waals surface area contributed by atoms with Crippen LogP contribution in [0, 0.1) is 0 Å². The van der Waals surface area contributed by atoms with E-state index in [2.05, 4.69) is 15.7 Å². The summed E-state index contributed by atoms with van der Waals surface area (Å²) >= 11 is 0. The van der Waals surface area contributed by atoms with Crippen molar-refractivity contribution in [2.75, 3.05) is 13.6 Å². The van der Waals surface area contributed by atoms with Crippen molar-refractivity contribution in [3.8, 4) is 5.69 Å². The summed E-state index contributed by atoms with van der Waals surface area (Å²) in [5.41, 5.74) is -0.382. The Hall–Kier alpha value is -2.35. The number of rotatable bonds is 5. The number of nitrogens with zero attached hydrogens (tertiary/aromatic N) is 2. The number of benzene rings is 1. The zero-order valence-electron chi connectivity index (χ0n) is 12.7. The summed E-state index contributed by atoms with van der Waals surface area (Å²) in [4.78, 5) is 11.9. The van der Waals surface area contributed by atoms with E-state index in [1.54, 1.807) is 7.05 Å². The quantitative estimate of drug-likeness (QED) is 0.886. The summed E-state index contributed by atoms with van der Waals surface area (Å²) in [6.45, 7) is 2.33. The first-order chi connectivity index (χ1) is 10.8. The predicted molar refractivity (Wildman–Crippen MR) is 79.4 cm³/mol. The zero-order chi connectivity index (χ0) is 17.0. The maximum Gasteiger partial charge on any atom is 0.416 e. The maximum absolute atomic E-state index is 12.7. The molecule has 2 aromatic rings. The van der Waals surface area contributed by atoms with Gasteiger partial charge in [0.2, 0.25) is 0 Å². The lowest BCUT2D eigenvalue weighted by Crippen LogP contribution is -2.37. The van der Waals surface area contributed by atoms with Gasteiger partial charge in [0.05, 0.1) is 11.3 Å². The number of carbonyl (C=O) groups is 1. The lowest BCUT2D eigenvalue weighted by atomic mass is 10.2. The molecule has 1 unspecified atom stereocenters. The molecular weight excluding hydrogens is 309 g/mol. The van der Waals surface area contributed by atoms with Crippen LogP contribution in [0.25, 0.3) is 5.69 Å². The van der Waals surface area contributed by atoms with Gasteiger partial charge in [-0.1, -0.05) is 6.07 Å². The molecule has 124 valence electrons. The van der Waals surface area contributed by atoms with Crippen LogP contribution < -0.4 is 10.6 Å². The Morgan fingerprint density at radius 1 is 1.35 bits per heavy atom. The molecule has 0 spiro atoms. The fourth-order valence-corrected chi connectivity index (χ4v) is 1.85. The third kappa shape index (κ3) is 4.32. The third-order valence-corrected chi connectivity index (χ3v) is 3.32. The van der Waals surface area contributed by atoms with Gasteiger partial charge in [0.25, 0.3) is 5.91 Å². The summed E-state index contributed by atoms with van der Waals surface area (Å²) in [6, 6.07) is 6.32. The summed E-state index contributed by atoms with van der Waals surface area (Å²) in [5.74, 6) is -0.377. The van der Waals surface area contributed by atoms with Crippen molar-refractivity contribution >= 4 is 5.91 Å². The standard InChI is InChI=1S/C15H17F3N4O/c1-10(19-2)9-20-14(23)13-6-7-22(21-13)12-5-3-4-11(8-12)15(16,17)18/h3-8,10,19H,9H2,1-2H3,(H,20,23). The second kappa shape index (κ2) is 6.82. The molecule has 0 saturated carbocycles. The number of hydrogen-bond donors (Lipinski definition) is 2. The molecule has 0 aliphatic carbocycles. The van der Waals surface area contributed by atoms with Crippen molar-refractivity contribution < 1.29 is 18.0 Å². The van der Waals surface area contributed by atoms with E-state index in [1.807, 2.05) is 6.92 Å². The Balaban J connectivity index is 2.15. The van der Waals surface area contributed by atoms with Crippen LogP contribution in [-0.4, -0.2) is 35.3 Å². The van der Waals surface area contributed by atoms with Crippen molar-refractivity contribution in [3.63, 3.8) is 0 Å². The molecule has 0 aliphatic rings. The van der Waals surface area contributed by atoms with Gasteiger partial charge in [-0.25, -0.2) is 4.68 Å². The summed E-state index contributed by atoms with van der Waals surface area (Å²) in [7, 11) is 1.78. The Kier molecular flexibility index (Phi) is 5.05. The van der Waals surface area contributed by atoms with Gasteiger partial charge < -0.3 is 10.6 Å². The number of aromatic nitrogens is 2. The van der Waals surface area contributed by atoms with Gasteiger partial charge in [-0.15, -0.1) is 0 Å². The first-order valence-corrected chi connectivity index (χ1v) is 7.00. The first-order valence-electron chi connectivity index (χ1n) is 7.00. The van der Waals surface area contributed by atoms with E-state index < -0.39 is 11.7 Å². The summed E-state index contributed by atoms with van der Waals surface area (Å²) < 4.78 is 39.4. The smallest absolute Gasteiger partial charge is 0.349 e. The average Bonchev–Trinajstić information content (AvgIpc) is 3.01. The van der Waals surface area contributed by atoms with E-state index in [9.17, 15) is 18.0 Å². The van der Waals surface area contributed by atoms with Gasteiger partial charge >= 0.3 is 6.18 Å². The van der Waals surface area contributed by atoms with Crippen LogP contribution in [0.1, 0.15) is 23.0 Å². The van der Waals surface area contributed by atoms with Gasteiger partial charge in [-0.3, -0.25) is 4.79 Å². The maximum atomic E-state index is 12.7. The minimum atomic E-state index is -4.42. The van der Waals surface area contributed by atoms with Crippen LogP contribution in [0.2, 0.25) is 0 Å². The Bertz CT molecular complexity index is 681. The topological polar surface area (TPSA) is 58.9 Å². The van der Waals surface area contributed by atoms with Crippen molar-refractivity contribution in [1.29, 1.82) is 0 Å². The number of hydrogen-bond acceptors (Lipinski definition) is 3. The van der Waals surface area contributed by atoms with E-state index in [1.165, 1.54) is 29.1 Å². The van der Waals surface area contributed by atoms with Crippen molar-refractivity contribution in [2.45, 2.75) is 19.1 Å². The SMILES string of the molecule is CNC(C)CNC(=O)c1ccn(-c2cccc(C(F)(F)F)c2)n1. The highest BCUT2D eigenvalue weighted by atomic mass is 19.4. The van der Waals surface area contributed by atoms with Crippen LogP contribution in [0.5, 0.6) is 0 Å². The molecule has 1 heterocycles. The average molecular weight is 326 g/mol. The lowest BCUT2D eigenvalue weighted by Gasteiger charge is -2.10. The van der Waals surface area contributed by atoms with Crippen LogP contribution in [0.4, 0.5) is 13.2 Å². The Labute approximate surface area is 131 Å². The molecule has 0 saturated heterocycles. The molecule has 23 heavy (non-hydrogen) atoms. The van der Waals surface area contributed by atoms with E-state index in [0.717, 1.165) is 12.1 Å². The number of halogens is 3. The molecule has 2 rings (SSSR count). The fraction of sp³-hybridized carbons (Fsp3) is 0.333. The molecule has 0 fully saturated rings. The highest BCUT2D eigenvalue weighted by Crippen LogP contribution is 2.30. The van der Waals surface area contributed by atoms with E-state index in [0.29, 0.717) is 6.54 Å². The second-order valence-corrected chi connectivity index (χ2v) is 5.09. The molecule has 2 N–H and O–H groups in total. The number of nitrogens with one attached hydrogen (secondary N) is 2. The molecule has 8 heteroatoms. The monoisotopic (exact) mass is 326 g/mol. The minimum Gasteiger partial charge on any atom is -0.349 e. The van der Waals surface area contributed by atoms with Crippen molar-refractivity contribution in [3.05, 3.63) is 47.8 Å². The van der Waals surface area contributed by atoms with E-state index in [4.69, 9.17) is 0 Å². The molecule has 1 aromatic carbocycles. The number of amides is 1. The van der Waals surface area contributed by atoms with Crippen LogP contribution in [0.15, 0.2) is 36.5 Å². The Morgan fingerprint density at radius 2 is 2.09 bits per heavy atom. The molecule has 0 bridgehead atoms. The summed E-state index contributed by atoms with van der Waals surface area (Å²) in [5, 5.41) is 9.69. The fourth-order valence-electron chi connectivity index (χ4n) is 1.85. The molecule has 1 atom stereocenters. The number of carbonyl (C=O) groups excluding carboxylic acids is 1. The number of likely N-dealkylation sites (N-methyl/N-ethyl adjacent to an activating group) is 1. The second-order valence-electron chi connectivity index (χ2n) is 5.09. The minimum absolute atomic E-state index is 0.101. The van der Waals surface area contributed by atoms with Gasteiger partial charge in [-0.2, -0.15) is 18.3 Å². The lowest BCUT2D eigenvalue weighted by molar-refractivity contribution is -0.137.